The molecule has 1 atom stereocenters. The molecule has 0 spiro atoms. The molecule has 25 heavy (non-hydrogen) atoms. The third kappa shape index (κ3) is 6.36. The van der Waals surface area contributed by atoms with E-state index >= 15 is 0 Å². The number of hydrogen-bond acceptors (Lipinski definition) is 4. The average molecular weight is 405 g/mol. The van der Waals surface area contributed by atoms with Gasteiger partial charge in [0.1, 0.15) is 5.75 Å². The highest BCUT2D eigenvalue weighted by molar-refractivity contribution is 6.30. The van der Waals surface area contributed by atoms with Crippen LogP contribution >= 0.6 is 36.4 Å². The van der Waals surface area contributed by atoms with Crippen LogP contribution in [0.2, 0.25) is 5.02 Å². The van der Waals surface area contributed by atoms with Gasteiger partial charge in [-0.05, 0) is 49.7 Å². The Morgan fingerprint density at radius 3 is 2.52 bits per heavy atom. The molecule has 0 bridgehead atoms. The fraction of sp³-hybridized carbons (Fsp3) is 0.294. The summed E-state index contributed by atoms with van der Waals surface area (Å²) < 4.78 is 5.61. The van der Waals surface area contributed by atoms with Crippen LogP contribution in [0, 0.1) is 0 Å². The SMILES string of the molecule is Cl.Cl.O=C(Nc1ccc(Oc2ccc(Cl)cn2)cc1)[C@H]1CCCCN1. The Kier molecular flexibility index (Phi) is 9.00. The molecule has 2 N–H and O–H groups in total. The summed E-state index contributed by atoms with van der Waals surface area (Å²) in [4.78, 5) is 16.2. The number of benzene rings is 1. The van der Waals surface area contributed by atoms with Gasteiger partial charge in [-0.2, -0.15) is 0 Å². The third-order valence-electron chi connectivity index (χ3n) is 3.67. The van der Waals surface area contributed by atoms with Crippen molar-refractivity contribution in [3.05, 3.63) is 47.6 Å². The molecular weight excluding hydrogens is 385 g/mol. The highest BCUT2D eigenvalue weighted by atomic mass is 35.5. The fourth-order valence-electron chi connectivity index (χ4n) is 2.45. The second-order valence-electron chi connectivity index (χ2n) is 5.43. The van der Waals surface area contributed by atoms with Crippen molar-refractivity contribution in [3.8, 4) is 11.6 Å². The number of ether oxygens (including phenoxy) is 1. The predicted octanol–water partition coefficient (Wildman–Crippen LogP) is 4.45. The highest BCUT2D eigenvalue weighted by Gasteiger charge is 2.20. The molecular formula is C17H20Cl3N3O2. The monoisotopic (exact) mass is 403 g/mol. The smallest absolute Gasteiger partial charge is 0.241 e. The van der Waals surface area contributed by atoms with E-state index in [4.69, 9.17) is 16.3 Å². The molecule has 1 saturated heterocycles. The first-order valence-electron chi connectivity index (χ1n) is 7.64. The molecule has 1 aliphatic rings. The number of nitrogens with one attached hydrogen (secondary N) is 2. The molecule has 1 aliphatic heterocycles. The Bertz CT molecular complexity index is 660. The third-order valence-corrected chi connectivity index (χ3v) is 3.89. The summed E-state index contributed by atoms with van der Waals surface area (Å²) in [6.07, 6.45) is 4.64. The van der Waals surface area contributed by atoms with Crippen molar-refractivity contribution < 1.29 is 9.53 Å². The van der Waals surface area contributed by atoms with Crippen molar-refractivity contribution >= 4 is 48.0 Å². The van der Waals surface area contributed by atoms with E-state index in [0.29, 0.717) is 16.7 Å². The number of carbonyl (C=O) groups excluding carboxylic acids is 1. The molecule has 1 aromatic heterocycles. The fourth-order valence-corrected chi connectivity index (χ4v) is 2.57. The number of halogens is 3. The molecule has 5 nitrogen and oxygen atoms in total. The average Bonchev–Trinajstić information content (AvgIpc) is 2.59. The first kappa shape index (κ1) is 21.5. The second kappa shape index (κ2) is 10.5. The lowest BCUT2D eigenvalue weighted by Crippen LogP contribution is -2.43. The lowest BCUT2D eigenvalue weighted by atomic mass is 10.0. The van der Waals surface area contributed by atoms with Crippen molar-refractivity contribution in [2.45, 2.75) is 25.3 Å². The molecule has 0 radical (unpaired) electrons. The van der Waals surface area contributed by atoms with Crippen LogP contribution in [0.15, 0.2) is 42.6 Å². The van der Waals surface area contributed by atoms with Gasteiger partial charge in [-0.1, -0.05) is 18.0 Å². The maximum absolute atomic E-state index is 12.1. The zero-order chi connectivity index (χ0) is 16.1. The number of carbonyl (C=O) groups is 1. The van der Waals surface area contributed by atoms with Crippen molar-refractivity contribution in [3.63, 3.8) is 0 Å². The first-order valence-corrected chi connectivity index (χ1v) is 8.02. The number of pyridine rings is 1. The molecule has 1 fully saturated rings. The van der Waals surface area contributed by atoms with E-state index in [2.05, 4.69) is 15.6 Å². The summed E-state index contributed by atoms with van der Waals surface area (Å²) in [7, 11) is 0. The normalized spacial score (nSPS) is 16.1. The minimum absolute atomic E-state index is 0. The molecule has 2 aromatic rings. The van der Waals surface area contributed by atoms with Crippen molar-refractivity contribution in [2.24, 2.45) is 0 Å². The Morgan fingerprint density at radius 2 is 1.92 bits per heavy atom. The first-order chi connectivity index (χ1) is 11.2. The van der Waals surface area contributed by atoms with Crippen molar-refractivity contribution in [1.82, 2.24) is 10.3 Å². The summed E-state index contributed by atoms with van der Waals surface area (Å²) >= 11 is 5.78. The van der Waals surface area contributed by atoms with Crippen LogP contribution < -0.4 is 15.4 Å². The van der Waals surface area contributed by atoms with Gasteiger partial charge >= 0.3 is 0 Å². The van der Waals surface area contributed by atoms with Gasteiger partial charge in [0, 0.05) is 18.0 Å². The van der Waals surface area contributed by atoms with Crippen LogP contribution in [-0.4, -0.2) is 23.5 Å². The number of piperidine rings is 1. The Balaban J connectivity index is 0.00000156. The Labute approximate surface area is 164 Å². The summed E-state index contributed by atoms with van der Waals surface area (Å²) in [5.41, 5.74) is 0.749. The molecule has 1 amide bonds. The minimum Gasteiger partial charge on any atom is -0.439 e. The number of nitrogens with zero attached hydrogens (tertiary/aromatic N) is 1. The van der Waals surface area contributed by atoms with Crippen LogP contribution in [-0.2, 0) is 4.79 Å². The van der Waals surface area contributed by atoms with Gasteiger partial charge in [-0.15, -0.1) is 24.8 Å². The zero-order valence-corrected chi connectivity index (χ0v) is 15.8. The van der Waals surface area contributed by atoms with E-state index in [-0.39, 0.29) is 36.8 Å². The summed E-state index contributed by atoms with van der Waals surface area (Å²) in [6.45, 7) is 0.902. The topological polar surface area (TPSA) is 63.2 Å². The van der Waals surface area contributed by atoms with Gasteiger partial charge in [0.05, 0.1) is 11.1 Å². The standard InChI is InChI=1S/C17H18ClN3O2.2ClH/c18-12-4-9-16(20-11-12)23-14-7-5-13(6-8-14)21-17(22)15-3-1-2-10-19-15;;/h4-9,11,15,19H,1-3,10H2,(H,21,22);2*1H/t15-;;/m1../s1. The van der Waals surface area contributed by atoms with E-state index in [1.807, 2.05) is 12.1 Å². The number of anilines is 1. The van der Waals surface area contributed by atoms with E-state index in [1.54, 1.807) is 24.3 Å². The Hall–Kier alpha value is -1.53. The molecule has 1 aromatic carbocycles. The number of amides is 1. The lowest BCUT2D eigenvalue weighted by molar-refractivity contribution is -0.118. The van der Waals surface area contributed by atoms with Crippen LogP contribution in [0.5, 0.6) is 11.6 Å². The molecule has 3 rings (SSSR count). The van der Waals surface area contributed by atoms with E-state index < -0.39 is 0 Å². The number of rotatable bonds is 4. The van der Waals surface area contributed by atoms with Crippen LogP contribution in [0.25, 0.3) is 0 Å². The van der Waals surface area contributed by atoms with Gasteiger partial charge in [0.15, 0.2) is 0 Å². The molecule has 0 aliphatic carbocycles. The minimum atomic E-state index is -0.0991. The van der Waals surface area contributed by atoms with E-state index in [1.165, 1.54) is 6.20 Å². The van der Waals surface area contributed by atoms with Gasteiger partial charge in [0.2, 0.25) is 11.8 Å². The van der Waals surface area contributed by atoms with Gasteiger partial charge in [-0.25, -0.2) is 4.98 Å². The van der Waals surface area contributed by atoms with Crippen LogP contribution in [0.4, 0.5) is 5.69 Å². The van der Waals surface area contributed by atoms with Crippen LogP contribution in [0.1, 0.15) is 19.3 Å². The zero-order valence-electron chi connectivity index (χ0n) is 13.4. The number of hydrogen-bond donors (Lipinski definition) is 2. The lowest BCUT2D eigenvalue weighted by Gasteiger charge is -2.22. The summed E-state index contributed by atoms with van der Waals surface area (Å²) in [5, 5.41) is 6.71. The van der Waals surface area contributed by atoms with E-state index in [9.17, 15) is 4.79 Å². The quantitative estimate of drug-likeness (QED) is 0.790. The number of aromatic nitrogens is 1. The van der Waals surface area contributed by atoms with Gasteiger partial charge < -0.3 is 15.4 Å². The molecule has 0 unspecified atom stereocenters. The largest absolute Gasteiger partial charge is 0.439 e. The molecule has 8 heteroatoms. The molecule has 136 valence electrons. The molecule has 2 heterocycles. The van der Waals surface area contributed by atoms with Crippen LogP contribution in [0.3, 0.4) is 0 Å². The summed E-state index contributed by atoms with van der Waals surface area (Å²) in [6, 6.07) is 10.5. The second-order valence-corrected chi connectivity index (χ2v) is 5.87. The Morgan fingerprint density at radius 1 is 1.16 bits per heavy atom. The van der Waals surface area contributed by atoms with Gasteiger partial charge in [-0.3, -0.25) is 4.79 Å². The summed E-state index contributed by atoms with van der Waals surface area (Å²) in [5.74, 6) is 1.13. The van der Waals surface area contributed by atoms with E-state index in [0.717, 1.165) is 31.5 Å². The van der Waals surface area contributed by atoms with Crippen molar-refractivity contribution in [2.75, 3.05) is 11.9 Å². The van der Waals surface area contributed by atoms with Crippen molar-refractivity contribution in [1.29, 1.82) is 0 Å². The van der Waals surface area contributed by atoms with Gasteiger partial charge in [0.25, 0.3) is 0 Å². The molecule has 0 saturated carbocycles. The highest BCUT2D eigenvalue weighted by Crippen LogP contribution is 2.22. The maximum atomic E-state index is 12.1. The predicted molar refractivity (Wildman–Crippen MR) is 105 cm³/mol. The maximum Gasteiger partial charge on any atom is 0.241 e.